The van der Waals surface area contributed by atoms with Crippen molar-refractivity contribution in [3.63, 3.8) is 0 Å². The zero-order chi connectivity index (χ0) is 21.4. The average molecular weight is 413 g/mol. The fourth-order valence-electron chi connectivity index (χ4n) is 2.17. The molecule has 9 heteroatoms. The van der Waals surface area contributed by atoms with Crippen LogP contribution in [0.1, 0.15) is 17.3 Å². The van der Waals surface area contributed by atoms with Gasteiger partial charge in [-0.25, -0.2) is 4.79 Å². The smallest absolute Gasteiger partial charge is 0.328 e. The Morgan fingerprint density at radius 2 is 1.48 bits per heavy atom. The second-order valence-electron chi connectivity index (χ2n) is 5.88. The van der Waals surface area contributed by atoms with Crippen LogP contribution in [-0.2, 0) is 14.4 Å². The monoisotopic (exact) mass is 413 g/mol. The number of carbonyl (C=O) groups is 4. The van der Waals surface area contributed by atoms with Crippen LogP contribution in [-0.4, -0.2) is 34.0 Å². The van der Waals surface area contributed by atoms with E-state index in [1.165, 1.54) is 23.9 Å². The third-order valence-corrected chi connectivity index (χ3v) is 4.73. The van der Waals surface area contributed by atoms with Gasteiger partial charge in [0.2, 0.25) is 17.7 Å². The van der Waals surface area contributed by atoms with Gasteiger partial charge in [0.25, 0.3) is 0 Å². The molecule has 0 aliphatic carbocycles. The predicted octanol–water partition coefficient (Wildman–Crippen LogP) is 2.48. The van der Waals surface area contributed by atoms with E-state index in [1.807, 2.05) is 0 Å². The van der Waals surface area contributed by atoms with E-state index in [2.05, 4.69) is 10.6 Å². The second-order valence-corrected chi connectivity index (χ2v) is 7.29. The molecule has 8 nitrogen and oxygen atoms in total. The van der Waals surface area contributed by atoms with Gasteiger partial charge in [-0.3, -0.25) is 14.4 Å². The number of anilines is 2. The topological polar surface area (TPSA) is 139 Å². The van der Waals surface area contributed by atoms with Crippen LogP contribution in [0.5, 0.6) is 0 Å². The number of benzene rings is 2. The number of carboxylic acid groups (broad SMARTS) is 1. The van der Waals surface area contributed by atoms with Crippen LogP contribution in [0.4, 0.5) is 11.4 Å². The van der Waals surface area contributed by atoms with Crippen LogP contribution in [0.15, 0.2) is 65.6 Å². The van der Waals surface area contributed by atoms with Crippen molar-refractivity contribution in [2.45, 2.75) is 17.1 Å². The summed E-state index contributed by atoms with van der Waals surface area (Å²) in [4.78, 5) is 46.2. The molecule has 0 fully saturated rings. The summed E-state index contributed by atoms with van der Waals surface area (Å²) in [6, 6.07) is 13.1. The highest BCUT2D eigenvalue weighted by atomic mass is 32.2. The lowest BCUT2D eigenvalue weighted by molar-refractivity contribution is -0.131. The number of carbonyl (C=O) groups excluding carboxylic acids is 3. The van der Waals surface area contributed by atoms with Crippen molar-refractivity contribution in [1.29, 1.82) is 0 Å². The molecule has 0 spiro atoms. The highest BCUT2D eigenvalue weighted by Gasteiger charge is 2.15. The number of nitrogens with two attached hydrogens (primary N) is 1. The molecule has 1 atom stereocenters. The maximum absolute atomic E-state index is 12.3. The van der Waals surface area contributed by atoms with E-state index in [1.54, 1.807) is 43.3 Å². The quantitative estimate of drug-likeness (QED) is 0.387. The van der Waals surface area contributed by atoms with Crippen LogP contribution in [0.25, 0.3) is 0 Å². The molecule has 2 rings (SSSR count). The minimum atomic E-state index is -1.21. The Balaban J connectivity index is 1.90. The average Bonchev–Trinajstić information content (AvgIpc) is 2.68. The Labute approximate surface area is 171 Å². The molecular weight excluding hydrogens is 394 g/mol. The summed E-state index contributed by atoms with van der Waals surface area (Å²) in [6.45, 7) is 1.75. The molecule has 2 aromatic carbocycles. The normalized spacial score (nSPS) is 11.6. The summed E-state index contributed by atoms with van der Waals surface area (Å²) in [6.07, 6.45) is 1.68. The summed E-state index contributed by atoms with van der Waals surface area (Å²) in [5.74, 6) is -2.51. The Kier molecular flexibility index (Phi) is 7.55. The van der Waals surface area contributed by atoms with Gasteiger partial charge in [0.1, 0.15) is 0 Å². The molecule has 0 saturated carbocycles. The first-order valence-electron chi connectivity index (χ1n) is 8.44. The van der Waals surface area contributed by atoms with Crippen LogP contribution in [0, 0.1) is 0 Å². The minimum absolute atomic E-state index is 0.210. The van der Waals surface area contributed by atoms with E-state index >= 15 is 0 Å². The number of thioether (sulfide) groups is 1. The Morgan fingerprint density at radius 3 is 2.03 bits per heavy atom. The Hall–Kier alpha value is -3.59. The van der Waals surface area contributed by atoms with Gasteiger partial charge < -0.3 is 21.5 Å². The molecule has 5 N–H and O–H groups in total. The molecule has 3 amide bonds. The first-order valence-corrected chi connectivity index (χ1v) is 9.32. The number of aliphatic carboxylic acids is 1. The maximum Gasteiger partial charge on any atom is 0.328 e. The standard InChI is InChI=1S/C20H19N3O5S/c1-12(20(28)23-15-4-2-13(3-5-15)19(21)27)29-16-8-6-14(7-9-16)22-17(24)10-11-18(25)26/h2-12H,1H3,(H2,21,27)(H,22,24)(H,23,28)(H,25,26)/b11-10+. The summed E-state index contributed by atoms with van der Waals surface area (Å²) in [5.41, 5.74) is 6.60. The van der Waals surface area contributed by atoms with Gasteiger partial charge in [-0.1, -0.05) is 0 Å². The van der Waals surface area contributed by atoms with Crippen molar-refractivity contribution < 1.29 is 24.3 Å². The molecule has 0 heterocycles. The lowest BCUT2D eigenvalue weighted by Gasteiger charge is -2.12. The van der Waals surface area contributed by atoms with E-state index in [9.17, 15) is 19.2 Å². The Morgan fingerprint density at radius 1 is 0.931 bits per heavy atom. The van der Waals surface area contributed by atoms with Crippen molar-refractivity contribution in [2.24, 2.45) is 5.73 Å². The van der Waals surface area contributed by atoms with Gasteiger partial charge in [-0.2, -0.15) is 0 Å². The van der Waals surface area contributed by atoms with Gasteiger partial charge in [0.15, 0.2) is 0 Å². The summed E-state index contributed by atoms with van der Waals surface area (Å²) < 4.78 is 0. The SMILES string of the molecule is CC(Sc1ccc(NC(=O)/C=C/C(=O)O)cc1)C(=O)Nc1ccc(C(N)=O)cc1. The first kappa shape index (κ1) is 21.7. The van der Waals surface area contributed by atoms with Gasteiger partial charge in [-0.15, -0.1) is 11.8 Å². The third-order valence-electron chi connectivity index (χ3n) is 3.62. The van der Waals surface area contributed by atoms with E-state index < -0.39 is 23.0 Å². The van der Waals surface area contributed by atoms with Gasteiger partial charge in [-0.05, 0) is 55.5 Å². The molecule has 0 radical (unpaired) electrons. The molecule has 0 aliphatic rings. The summed E-state index contributed by atoms with van der Waals surface area (Å²) in [5, 5.41) is 13.4. The number of rotatable bonds is 8. The summed E-state index contributed by atoms with van der Waals surface area (Å²) in [7, 11) is 0. The lowest BCUT2D eigenvalue weighted by Crippen LogP contribution is -2.22. The Bertz CT molecular complexity index is 940. The largest absolute Gasteiger partial charge is 0.478 e. The van der Waals surface area contributed by atoms with Gasteiger partial charge in [0.05, 0.1) is 5.25 Å². The fourth-order valence-corrected chi connectivity index (χ4v) is 3.03. The number of hydrogen-bond donors (Lipinski definition) is 4. The molecule has 0 aromatic heterocycles. The molecule has 29 heavy (non-hydrogen) atoms. The highest BCUT2D eigenvalue weighted by molar-refractivity contribution is 8.00. The number of nitrogens with one attached hydrogen (secondary N) is 2. The molecule has 0 saturated heterocycles. The number of primary amides is 1. The number of carboxylic acids is 1. The summed E-state index contributed by atoms with van der Waals surface area (Å²) >= 11 is 1.33. The molecule has 2 aromatic rings. The molecule has 150 valence electrons. The fraction of sp³-hybridized carbons (Fsp3) is 0.100. The van der Waals surface area contributed by atoms with E-state index in [-0.39, 0.29) is 5.91 Å². The van der Waals surface area contributed by atoms with Crippen molar-refractivity contribution in [3.8, 4) is 0 Å². The molecule has 1 unspecified atom stereocenters. The third kappa shape index (κ3) is 7.15. The molecule has 0 aliphatic heterocycles. The van der Waals surface area contributed by atoms with Gasteiger partial charge >= 0.3 is 5.97 Å². The second kappa shape index (κ2) is 10.1. The van der Waals surface area contributed by atoms with Crippen LogP contribution in [0.2, 0.25) is 0 Å². The van der Waals surface area contributed by atoms with Crippen molar-refractivity contribution in [3.05, 3.63) is 66.2 Å². The minimum Gasteiger partial charge on any atom is -0.478 e. The van der Waals surface area contributed by atoms with Crippen molar-refractivity contribution in [2.75, 3.05) is 10.6 Å². The van der Waals surface area contributed by atoms with E-state index in [4.69, 9.17) is 10.8 Å². The molecule has 0 bridgehead atoms. The maximum atomic E-state index is 12.3. The van der Waals surface area contributed by atoms with Crippen LogP contribution in [0.3, 0.4) is 0 Å². The number of amides is 3. The van der Waals surface area contributed by atoms with E-state index in [0.717, 1.165) is 17.0 Å². The highest BCUT2D eigenvalue weighted by Crippen LogP contribution is 2.25. The zero-order valence-electron chi connectivity index (χ0n) is 15.4. The van der Waals surface area contributed by atoms with Crippen LogP contribution >= 0.6 is 11.8 Å². The lowest BCUT2D eigenvalue weighted by atomic mass is 10.2. The number of hydrogen-bond acceptors (Lipinski definition) is 5. The first-order chi connectivity index (χ1) is 13.7. The van der Waals surface area contributed by atoms with Crippen molar-refractivity contribution in [1.82, 2.24) is 0 Å². The van der Waals surface area contributed by atoms with Crippen LogP contribution < -0.4 is 16.4 Å². The van der Waals surface area contributed by atoms with Crippen molar-refractivity contribution >= 4 is 46.8 Å². The molecular formula is C20H19N3O5S. The zero-order valence-corrected chi connectivity index (χ0v) is 16.2. The van der Waals surface area contributed by atoms with Gasteiger partial charge in [0, 0.05) is 34.0 Å². The predicted molar refractivity (Wildman–Crippen MR) is 111 cm³/mol. The van der Waals surface area contributed by atoms with E-state index in [0.29, 0.717) is 16.9 Å².